The van der Waals surface area contributed by atoms with Crippen molar-refractivity contribution in [1.82, 2.24) is 15.5 Å². The molecule has 0 aliphatic heterocycles. The number of rotatable bonds is 3. The van der Waals surface area contributed by atoms with Crippen molar-refractivity contribution in [3.8, 4) is 0 Å². The first-order valence-electron chi connectivity index (χ1n) is 3.30. The highest BCUT2D eigenvalue weighted by Crippen LogP contribution is 1.96. The van der Waals surface area contributed by atoms with Crippen molar-refractivity contribution in [1.29, 1.82) is 0 Å². The van der Waals surface area contributed by atoms with E-state index >= 15 is 0 Å². The van der Waals surface area contributed by atoms with Crippen LogP contribution >= 0.6 is 11.6 Å². The Balaban J connectivity index is 2.45. The van der Waals surface area contributed by atoms with Crippen LogP contribution < -0.4 is 5.32 Å². The normalized spacial score (nSPS) is 9.42. The van der Waals surface area contributed by atoms with E-state index < -0.39 is 0 Å². The van der Waals surface area contributed by atoms with Gasteiger partial charge in [0.25, 0.3) is 5.91 Å². The molecule has 0 saturated carbocycles. The van der Waals surface area contributed by atoms with Gasteiger partial charge < -0.3 is 5.32 Å². The van der Waals surface area contributed by atoms with Crippen LogP contribution in [0, 0.1) is 0 Å². The largest absolute Gasteiger partial charge is 0.347 e. The number of hydrogen-bond acceptors (Lipinski definition) is 2. The molecule has 0 aliphatic rings. The standard InChI is InChI=1S/C7H8ClN3O/c1-5(8)2-9-7(12)6-3-10-11-4-6/h3-4H,1-2H2,(H,9,12)(H,10,11). The minimum absolute atomic E-state index is 0.217. The van der Waals surface area contributed by atoms with Crippen LogP contribution in [0.2, 0.25) is 0 Å². The third-order valence-corrected chi connectivity index (χ3v) is 1.33. The van der Waals surface area contributed by atoms with E-state index in [-0.39, 0.29) is 12.5 Å². The molecular weight excluding hydrogens is 178 g/mol. The lowest BCUT2D eigenvalue weighted by atomic mass is 10.3. The average molecular weight is 186 g/mol. The Labute approximate surface area is 74.6 Å². The molecule has 0 spiro atoms. The van der Waals surface area contributed by atoms with Crippen LogP contribution in [0.15, 0.2) is 24.0 Å². The summed E-state index contributed by atoms with van der Waals surface area (Å²) in [7, 11) is 0. The SMILES string of the molecule is C=C(Cl)CNC(=O)c1cn[nH]c1. The smallest absolute Gasteiger partial charge is 0.254 e. The zero-order valence-corrected chi connectivity index (χ0v) is 7.06. The van der Waals surface area contributed by atoms with Crippen molar-refractivity contribution in [2.45, 2.75) is 0 Å². The average Bonchev–Trinajstić information content (AvgIpc) is 2.51. The predicted octanol–water partition coefficient (Wildman–Crippen LogP) is 0.892. The number of hydrogen-bond donors (Lipinski definition) is 2. The topological polar surface area (TPSA) is 57.8 Å². The van der Waals surface area contributed by atoms with Gasteiger partial charge in [0.05, 0.1) is 18.3 Å². The first kappa shape index (κ1) is 8.80. The van der Waals surface area contributed by atoms with Gasteiger partial charge in [-0.05, 0) is 0 Å². The highest BCUT2D eigenvalue weighted by atomic mass is 35.5. The van der Waals surface area contributed by atoms with Crippen molar-refractivity contribution >= 4 is 17.5 Å². The molecule has 0 radical (unpaired) electrons. The Morgan fingerprint density at radius 1 is 1.83 bits per heavy atom. The predicted molar refractivity (Wildman–Crippen MR) is 45.9 cm³/mol. The Morgan fingerprint density at radius 3 is 3.08 bits per heavy atom. The number of carbonyl (C=O) groups excluding carboxylic acids is 1. The van der Waals surface area contributed by atoms with Gasteiger partial charge in [0, 0.05) is 11.2 Å². The summed E-state index contributed by atoms with van der Waals surface area (Å²) in [6, 6.07) is 0. The Hall–Kier alpha value is -1.29. The molecule has 12 heavy (non-hydrogen) atoms. The lowest BCUT2D eigenvalue weighted by Gasteiger charge is -1.99. The first-order valence-corrected chi connectivity index (χ1v) is 3.68. The first-order chi connectivity index (χ1) is 5.70. The van der Waals surface area contributed by atoms with Gasteiger partial charge in [-0.25, -0.2) is 0 Å². The molecule has 1 aromatic rings. The van der Waals surface area contributed by atoms with Crippen LogP contribution in [-0.4, -0.2) is 22.6 Å². The minimum Gasteiger partial charge on any atom is -0.347 e. The van der Waals surface area contributed by atoms with Crippen molar-refractivity contribution in [2.75, 3.05) is 6.54 Å². The second-order valence-electron chi connectivity index (χ2n) is 2.19. The molecule has 1 rings (SSSR count). The third-order valence-electron chi connectivity index (χ3n) is 1.20. The molecule has 5 heteroatoms. The van der Waals surface area contributed by atoms with E-state index in [1.54, 1.807) is 0 Å². The zero-order valence-electron chi connectivity index (χ0n) is 6.30. The highest BCUT2D eigenvalue weighted by Gasteiger charge is 2.04. The highest BCUT2D eigenvalue weighted by molar-refractivity contribution is 6.29. The maximum atomic E-state index is 11.1. The molecular formula is C7H8ClN3O. The molecule has 0 aliphatic carbocycles. The second-order valence-corrected chi connectivity index (χ2v) is 2.72. The van der Waals surface area contributed by atoms with Crippen molar-refractivity contribution in [3.63, 3.8) is 0 Å². The van der Waals surface area contributed by atoms with Crippen LogP contribution in [0.1, 0.15) is 10.4 Å². The van der Waals surface area contributed by atoms with Crippen LogP contribution in [0.25, 0.3) is 0 Å². The van der Waals surface area contributed by atoms with Crippen molar-refractivity contribution in [2.24, 2.45) is 0 Å². The number of aromatic amines is 1. The summed E-state index contributed by atoms with van der Waals surface area (Å²) in [6.07, 6.45) is 2.94. The second kappa shape index (κ2) is 3.92. The molecule has 0 aromatic carbocycles. The van der Waals surface area contributed by atoms with Gasteiger partial charge in [0.2, 0.25) is 0 Å². The van der Waals surface area contributed by atoms with Crippen LogP contribution in [0.3, 0.4) is 0 Å². The summed E-state index contributed by atoms with van der Waals surface area (Å²) in [4.78, 5) is 11.1. The van der Waals surface area contributed by atoms with Gasteiger partial charge >= 0.3 is 0 Å². The Kier molecular flexibility index (Phi) is 2.88. The Bertz CT molecular complexity index is 281. The monoisotopic (exact) mass is 185 g/mol. The number of amides is 1. The van der Waals surface area contributed by atoms with E-state index in [1.165, 1.54) is 12.4 Å². The lowest BCUT2D eigenvalue weighted by Crippen LogP contribution is -2.23. The van der Waals surface area contributed by atoms with E-state index in [0.717, 1.165) is 0 Å². The number of H-pyrrole nitrogens is 1. The molecule has 4 nitrogen and oxygen atoms in total. The van der Waals surface area contributed by atoms with Crippen molar-refractivity contribution < 1.29 is 4.79 Å². The molecule has 0 fully saturated rings. The summed E-state index contributed by atoms with van der Waals surface area (Å²) in [6.45, 7) is 3.71. The fourth-order valence-corrected chi connectivity index (χ4v) is 0.720. The van der Waals surface area contributed by atoms with E-state index in [9.17, 15) is 4.79 Å². The van der Waals surface area contributed by atoms with Gasteiger partial charge in [0.1, 0.15) is 0 Å². The summed E-state index contributed by atoms with van der Waals surface area (Å²) in [5.74, 6) is -0.217. The molecule has 0 atom stereocenters. The van der Waals surface area contributed by atoms with Crippen LogP contribution in [0.5, 0.6) is 0 Å². The maximum absolute atomic E-state index is 11.1. The molecule has 2 N–H and O–H groups in total. The third kappa shape index (κ3) is 2.39. The van der Waals surface area contributed by atoms with E-state index in [4.69, 9.17) is 11.6 Å². The van der Waals surface area contributed by atoms with Crippen molar-refractivity contribution in [3.05, 3.63) is 29.6 Å². The van der Waals surface area contributed by atoms with Gasteiger partial charge in [-0.2, -0.15) is 5.10 Å². The molecule has 64 valence electrons. The molecule has 0 saturated heterocycles. The number of nitrogens with zero attached hydrogens (tertiary/aromatic N) is 1. The van der Waals surface area contributed by atoms with Crippen LogP contribution in [-0.2, 0) is 0 Å². The Morgan fingerprint density at radius 2 is 2.58 bits per heavy atom. The zero-order chi connectivity index (χ0) is 8.97. The molecule has 1 heterocycles. The molecule has 0 bridgehead atoms. The van der Waals surface area contributed by atoms with Gasteiger partial charge in [-0.15, -0.1) is 0 Å². The molecule has 1 amide bonds. The van der Waals surface area contributed by atoms with Crippen LogP contribution in [0.4, 0.5) is 0 Å². The molecule has 1 aromatic heterocycles. The summed E-state index contributed by atoms with van der Waals surface area (Å²) in [5.41, 5.74) is 0.480. The van der Waals surface area contributed by atoms with E-state index in [2.05, 4.69) is 22.1 Å². The lowest BCUT2D eigenvalue weighted by molar-refractivity contribution is 0.0957. The number of halogens is 1. The van der Waals surface area contributed by atoms with E-state index in [1.807, 2.05) is 0 Å². The number of aromatic nitrogens is 2. The fraction of sp³-hybridized carbons (Fsp3) is 0.143. The quantitative estimate of drug-likeness (QED) is 0.735. The summed E-state index contributed by atoms with van der Waals surface area (Å²) < 4.78 is 0. The maximum Gasteiger partial charge on any atom is 0.254 e. The van der Waals surface area contributed by atoms with Gasteiger partial charge in [-0.1, -0.05) is 18.2 Å². The fourth-order valence-electron chi connectivity index (χ4n) is 0.653. The number of carbonyl (C=O) groups is 1. The summed E-state index contributed by atoms with van der Waals surface area (Å²) in [5, 5.41) is 9.11. The number of nitrogens with one attached hydrogen (secondary N) is 2. The summed E-state index contributed by atoms with van der Waals surface area (Å²) >= 11 is 5.45. The van der Waals surface area contributed by atoms with E-state index in [0.29, 0.717) is 10.6 Å². The minimum atomic E-state index is -0.217. The van der Waals surface area contributed by atoms with Gasteiger partial charge in [0.15, 0.2) is 0 Å². The molecule has 0 unspecified atom stereocenters. The van der Waals surface area contributed by atoms with Gasteiger partial charge in [-0.3, -0.25) is 9.89 Å².